The van der Waals surface area contributed by atoms with E-state index < -0.39 is 5.97 Å². The van der Waals surface area contributed by atoms with Gasteiger partial charge in [-0.1, -0.05) is 34.9 Å². The summed E-state index contributed by atoms with van der Waals surface area (Å²) in [6.45, 7) is 12.6. The molecule has 0 atom stereocenters. The molecule has 0 aromatic rings. The molecule has 0 saturated heterocycles. The Morgan fingerprint density at radius 1 is 0.840 bits per heavy atom. The summed E-state index contributed by atoms with van der Waals surface area (Å²) in [4.78, 5) is 11.1. The zero-order chi connectivity index (χ0) is 19.2. The van der Waals surface area contributed by atoms with E-state index in [1.165, 1.54) is 16.7 Å². The van der Waals surface area contributed by atoms with Crippen molar-refractivity contribution in [1.29, 1.82) is 0 Å². The highest BCUT2D eigenvalue weighted by Crippen LogP contribution is 2.16. The molecule has 0 fully saturated rings. The van der Waals surface area contributed by atoms with Crippen LogP contribution in [-0.2, 0) is 9.53 Å². The number of carbonyl (C=O) groups is 1. The molecule has 0 aromatic heterocycles. The van der Waals surface area contributed by atoms with Crippen LogP contribution in [-0.4, -0.2) is 17.7 Å². The van der Waals surface area contributed by atoms with E-state index in [4.69, 9.17) is 9.84 Å². The van der Waals surface area contributed by atoms with Crippen molar-refractivity contribution in [3.63, 3.8) is 0 Å². The van der Waals surface area contributed by atoms with Gasteiger partial charge in [-0.2, -0.15) is 0 Å². The number of allylic oxidation sites excluding steroid dienone is 7. The van der Waals surface area contributed by atoms with Crippen LogP contribution in [0.2, 0.25) is 0 Å². The highest BCUT2D eigenvalue weighted by atomic mass is 16.5. The topological polar surface area (TPSA) is 46.5 Å². The van der Waals surface area contributed by atoms with Crippen molar-refractivity contribution in [3.8, 4) is 0 Å². The number of hydrogen-bond acceptors (Lipinski definition) is 2. The number of carboxylic acids is 1. The quantitative estimate of drug-likeness (QED) is 0.246. The van der Waals surface area contributed by atoms with Crippen LogP contribution >= 0.6 is 0 Å². The predicted octanol–water partition coefficient (Wildman–Crippen LogP) is 6.58. The second-order valence-electron chi connectivity index (χ2n) is 6.85. The Hall–Kier alpha value is -1.77. The first-order valence-electron chi connectivity index (χ1n) is 9.28. The van der Waals surface area contributed by atoms with Gasteiger partial charge in [-0.15, -0.1) is 0 Å². The molecule has 0 radical (unpaired) electrons. The Morgan fingerprint density at radius 3 is 1.76 bits per heavy atom. The fourth-order valence-corrected chi connectivity index (χ4v) is 2.50. The zero-order valence-electron chi connectivity index (χ0n) is 16.9. The largest absolute Gasteiger partial charge is 0.487 e. The van der Waals surface area contributed by atoms with Crippen LogP contribution in [0.5, 0.6) is 0 Å². The second-order valence-corrected chi connectivity index (χ2v) is 6.85. The molecule has 0 aliphatic rings. The summed E-state index contributed by atoms with van der Waals surface area (Å²) in [7, 11) is 0. The normalized spacial score (nSPS) is 13.4. The van der Waals surface area contributed by atoms with Gasteiger partial charge in [-0.05, 0) is 85.6 Å². The molecule has 0 aromatic carbocycles. The third-order valence-corrected chi connectivity index (χ3v) is 4.01. The van der Waals surface area contributed by atoms with Crippen molar-refractivity contribution in [3.05, 3.63) is 46.3 Å². The number of hydrogen-bond donors (Lipinski definition) is 1. The smallest absolute Gasteiger partial charge is 0.371 e. The molecule has 3 nitrogen and oxygen atoms in total. The van der Waals surface area contributed by atoms with Crippen LogP contribution in [0.15, 0.2) is 46.3 Å². The van der Waals surface area contributed by atoms with Gasteiger partial charge in [0, 0.05) is 0 Å². The molecule has 0 bridgehead atoms. The minimum atomic E-state index is -0.978. The van der Waals surface area contributed by atoms with E-state index in [2.05, 4.69) is 45.9 Å². The Balaban J connectivity index is 4.31. The second kappa shape index (κ2) is 13.5. The Bertz CT molecular complexity index is 529. The first-order valence-corrected chi connectivity index (χ1v) is 9.28. The summed E-state index contributed by atoms with van der Waals surface area (Å²) in [5.41, 5.74) is 4.99. The van der Waals surface area contributed by atoms with Crippen LogP contribution < -0.4 is 0 Å². The van der Waals surface area contributed by atoms with Gasteiger partial charge >= 0.3 is 5.97 Å². The van der Waals surface area contributed by atoms with Gasteiger partial charge in [0.1, 0.15) is 0 Å². The molecule has 0 aliphatic carbocycles. The lowest BCUT2D eigenvalue weighted by Crippen LogP contribution is -2.07. The van der Waals surface area contributed by atoms with Crippen molar-refractivity contribution in [2.45, 2.75) is 80.1 Å². The average molecular weight is 349 g/mol. The third kappa shape index (κ3) is 12.3. The summed E-state index contributed by atoms with van der Waals surface area (Å²) in [6, 6.07) is 0. The van der Waals surface area contributed by atoms with Crippen LogP contribution in [0.1, 0.15) is 80.1 Å². The fourth-order valence-electron chi connectivity index (χ4n) is 2.50. The SMILES string of the molecule is CCO/C(C(=O)O)=C(\C)CC/C=C(\C)CC/C=C(\C)CCC=C(C)C. The maximum atomic E-state index is 11.1. The van der Waals surface area contributed by atoms with Gasteiger partial charge in [-0.25, -0.2) is 4.79 Å². The van der Waals surface area contributed by atoms with E-state index in [1.807, 2.05) is 6.92 Å². The van der Waals surface area contributed by atoms with Gasteiger partial charge in [0.2, 0.25) is 5.76 Å². The lowest BCUT2D eigenvalue weighted by molar-refractivity contribution is -0.136. The van der Waals surface area contributed by atoms with Gasteiger partial charge in [0.15, 0.2) is 0 Å². The van der Waals surface area contributed by atoms with Gasteiger partial charge in [0.25, 0.3) is 0 Å². The first-order chi connectivity index (χ1) is 11.8. The molecule has 0 spiro atoms. The fraction of sp³-hybridized carbons (Fsp3) is 0.591. The summed E-state index contributed by atoms with van der Waals surface area (Å²) in [6.07, 6.45) is 12.8. The lowest BCUT2D eigenvalue weighted by Gasteiger charge is -2.08. The molecular formula is C22H36O3. The predicted molar refractivity (Wildman–Crippen MR) is 107 cm³/mol. The molecule has 142 valence electrons. The van der Waals surface area contributed by atoms with E-state index in [-0.39, 0.29) is 5.76 Å². The van der Waals surface area contributed by atoms with Crippen molar-refractivity contribution >= 4 is 5.97 Å². The van der Waals surface area contributed by atoms with E-state index in [0.29, 0.717) is 6.61 Å². The number of ether oxygens (including phenoxy) is 1. The first kappa shape index (κ1) is 23.2. The third-order valence-electron chi connectivity index (χ3n) is 4.01. The molecule has 0 unspecified atom stereocenters. The maximum absolute atomic E-state index is 11.1. The van der Waals surface area contributed by atoms with Crippen LogP contribution in [0, 0.1) is 0 Å². The van der Waals surface area contributed by atoms with Crippen molar-refractivity contribution < 1.29 is 14.6 Å². The zero-order valence-corrected chi connectivity index (χ0v) is 16.9. The molecule has 25 heavy (non-hydrogen) atoms. The molecule has 0 amide bonds. The molecule has 0 rings (SSSR count). The van der Waals surface area contributed by atoms with E-state index in [1.54, 1.807) is 6.92 Å². The van der Waals surface area contributed by atoms with Crippen LogP contribution in [0.4, 0.5) is 0 Å². The Morgan fingerprint density at radius 2 is 1.32 bits per heavy atom. The molecule has 0 saturated carbocycles. The van der Waals surface area contributed by atoms with E-state index >= 15 is 0 Å². The summed E-state index contributed by atoms with van der Waals surface area (Å²) in [5.74, 6) is -0.878. The van der Waals surface area contributed by atoms with Crippen LogP contribution in [0.3, 0.4) is 0 Å². The summed E-state index contributed by atoms with van der Waals surface area (Å²) < 4.78 is 5.21. The Kier molecular flexibility index (Phi) is 12.6. The number of carboxylic acid groups (broad SMARTS) is 1. The minimum absolute atomic E-state index is 0.100. The molecule has 0 aliphatic heterocycles. The standard InChI is InChI=1S/C22H36O3/c1-7-25-21(22(23)24)20(6)16-10-15-19(5)14-9-13-18(4)12-8-11-17(2)3/h11,13,15H,7-10,12,14,16H2,1-6H3,(H,23,24)/b18-13+,19-15+,21-20+. The summed E-state index contributed by atoms with van der Waals surface area (Å²) >= 11 is 0. The highest BCUT2D eigenvalue weighted by Gasteiger charge is 2.11. The van der Waals surface area contributed by atoms with Crippen molar-refractivity contribution in [1.82, 2.24) is 0 Å². The van der Waals surface area contributed by atoms with E-state index in [9.17, 15) is 4.79 Å². The maximum Gasteiger partial charge on any atom is 0.371 e. The van der Waals surface area contributed by atoms with Gasteiger partial charge in [0.05, 0.1) is 6.61 Å². The number of aliphatic carboxylic acids is 1. The van der Waals surface area contributed by atoms with Crippen LogP contribution in [0.25, 0.3) is 0 Å². The average Bonchev–Trinajstić information content (AvgIpc) is 2.51. The minimum Gasteiger partial charge on any atom is -0.487 e. The van der Waals surface area contributed by atoms with E-state index in [0.717, 1.165) is 44.1 Å². The van der Waals surface area contributed by atoms with Gasteiger partial charge < -0.3 is 9.84 Å². The lowest BCUT2D eigenvalue weighted by atomic mass is 10.0. The monoisotopic (exact) mass is 348 g/mol. The molecule has 3 heteroatoms. The number of rotatable bonds is 12. The molecule has 0 heterocycles. The van der Waals surface area contributed by atoms with Crippen molar-refractivity contribution in [2.75, 3.05) is 6.61 Å². The molecule has 1 N–H and O–H groups in total. The highest BCUT2D eigenvalue weighted by molar-refractivity contribution is 5.85. The molecular weight excluding hydrogens is 312 g/mol. The summed E-state index contributed by atoms with van der Waals surface area (Å²) in [5, 5.41) is 9.13. The Labute approximate surface area is 154 Å². The van der Waals surface area contributed by atoms with Gasteiger partial charge in [-0.3, -0.25) is 0 Å². The van der Waals surface area contributed by atoms with Crippen molar-refractivity contribution in [2.24, 2.45) is 0 Å².